The van der Waals surface area contributed by atoms with Crippen LogP contribution in [0.4, 0.5) is 0 Å². The third-order valence-electron chi connectivity index (χ3n) is 7.51. The zero-order valence-corrected chi connectivity index (χ0v) is 13.3. The maximum Gasteiger partial charge on any atom is 0.0632 e. The molecule has 4 aliphatic carbocycles. The van der Waals surface area contributed by atoms with Crippen LogP contribution < -0.4 is 0 Å². The number of fused-ring (bicyclic) bond motifs is 5. The van der Waals surface area contributed by atoms with Gasteiger partial charge in [0.15, 0.2) is 0 Å². The van der Waals surface area contributed by atoms with Gasteiger partial charge in [-0.2, -0.15) is 0 Å². The second-order valence-corrected chi connectivity index (χ2v) is 8.17. The zero-order valence-electron chi connectivity index (χ0n) is 13.3. The molecule has 0 aromatic heterocycles. The average molecular weight is 285 g/mol. The van der Waals surface area contributed by atoms with Gasteiger partial charge in [-0.15, -0.1) is 0 Å². The third kappa shape index (κ3) is 1.68. The molecule has 2 nitrogen and oxygen atoms in total. The number of nitrogens with zero attached hydrogens (tertiary/aromatic N) is 1. The summed E-state index contributed by atoms with van der Waals surface area (Å²) in [6.45, 7) is 4.87. The van der Waals surface area contributed by atoms with Crippen LogP contribution in [0.15, 0.2) is 29.0 Å². The van der Waals surface area contributed by atoms with Gasteiger partial charge in [0.05, 0.1) is 5.71 Å². The molecule has 2 saturated carbocycles. The van der Waals surface area contributed by atoms with Crippen LogP contribution in [0, 0.1) is 28.6 Å². The van der Waals surface area contributed by atoms with E-state index in [9.17, 15) is 5.21 Å². The molecule has 5 atom stereocenters. The van der Waals surface area contributed by atoms with Gasteiger partial charge in [0.25, 0.3) is 0 Å². The Morgan fingerprint density at radius 3 is 2.76 bits per heavy atom. The number of allylic oxidation sites excluding steroid dienone is 4. The lowest BCUT2D eigenvalue weighted by Gasteiger charge is -2.55. The van der Waals surface area contributed by atoms with E-state index in [2.05, 4.69) is 37.2 Å². The van der Waals surface area contributed by atoms with Crippen molar-refractivity contribution in [2.75, 3.05) is 0 Å². The molecule has 0 amide bonds. The maximum atomic E-state index is 9.37. The predicted molar refractivity (Wildman–Crippen MR) is 85.4 cm³/mol. The Morgan fingerprint density at radius 1 is 1.14 bits per heavy atom. The summed E-state index contributed by atoms with van der Waals surface area (Å²) in [7, 11) is 0. The van der Waals surface area contributed by atoms with E-state index >= 15 is 0 Å². The molecule has 0 bridgehead atoms. The van der Waals surface area contributed by atoms with E-state index in [1.165, 1.54) is 38.5 Å². The minimum atomic E-state index is 0.169. The molecule has 2 fully saturated rings. The second kappa shape index (κ2) is 4.47. The van der Waals surface area contributed by atoms with Crippen LogP contribution in [-0.4, -0.2) is 10.9 Å². The van der Waals surface area contributed by atoms with Gasteiger partial charge in [0, 0.05) is 5.41 Å². The molecule has 1 N–H and O–H groups in total. The van der Waals surface area contributed by atoms with E-state index in [0.29, 0.717) is 5.41 Å². The standard InChI is InChI=1S/C19H27NO/c1-18-11-4-3-5-13(18)6-7-14-15-8-9-17(20-21)19(15,2)12-10-16(14)18/h3,5-6,14-16,21H,4,7-12H2,1-2H3/b20-17+. The first-order valence-corrected chi connectivity index (χ1v) is 8.68. The number of hydrogen-bond acceptors (Lipinski definition) is 2. The van der Waals surface area contributed by atoms with Crippen molar-refractivity contribution in [2.45, 2.75) is 58.8 Å². The molecule has 4 aliphatic rings. The largest absolute Gasteiger partial charge is 0.411 e. The summed E-state index contributed by atoms with van der Waals surface area (Å²) < 4.78 is 0. The maximum absolute atomic E-state index is 9.37. The Kier molecular flexibility index (Phi) is 2.90. The molecule has 0 aromatic rings. The van der Waals surface area contributed by atoms with Crippen molar-refractivity contribution in [1.29, 1.82) is 0 Å². The lowest BCUT2D eigenvalue weighted by atomic mass is 9.49. The predicted octanol–water partition coefficient (Wildman–Crippen LogP) is 4.95. The van der Waals surface area contributed by atoms with Crippen LogP contribution in [0.25, 0.3) is 0 Å². The van der Waals surface area contributed by atoms with Crippen molar-refractivity contribution in [2.24, 2.45) is 33.7 Å². The molecular formula is C19H27NO. The average Bonchev–Trinajstić information content (AvgIpc) is 2.83. The van der Waals surface area contributed by atoms with E-state index in [-0.39, 0.29) is 5.41 Å². The summed E-state index contributed by atoms with van der Waals surface area (Å²) in [5, 5.41) is 13.0. The quantitative estimate of drug-likeness (QED) is 0.496. The Labute approximate surface area is 128 Å². The Hall–Kier alpha value is -1.05. The SMILES string of the molecule is CC12CCC=CC1=CCC1C2CCC2(C)/C(=N/O)CCC12. The monoisotopic (exact) mass is 285 g/mol. The van der Waals surface area contributed by atoms with E-state index in [0.717, 1.165) is 29.9 Å². The van der Waals surface area contributed by atoms with Crippen LogP contribution in [0.3, 0.4) is 0 Å². The Morgan fingerprint density at radius 2 is 1.95 bits per heavy atom. The first-order chi connectivity index (χ1) is 10.1. The molecular weight excluding hydrogens is 258 g/mol. The second-order valence-electron chi connectivity index (χ2n) is 8.17. The fraction of sp³-hybridized carbons (Fsp3) is 0.737. The molecule has 114 valence electrons. The Balaban J connectivity index is 1.73. The molecule has 21 heavy (non-hydrogen) atoms. The fourth-order valence-corrected chi connectivity index (χ4v) is 6.25. The smallest absolute Gasteiger partial charge is 0.0632 e. The third-order valence-corrected chi connectivity index (χ3v) is 7.51. The lowest BCUT2D eigenvalue weighted by molar-refractivity contribution is 0.00164. The highest BCUT2D eigenvalue weighted by molar-refractivity contribution is 5.92. The minimum Gasteiger partial charge on any atom is -0.411 e. The minimum absolute atomic E-state index is 0.169. The number of rotatable bonds is 0. The number of oxime groups is 1. The highest BCUT2D eigenvalue weighted by Crippen LogP contribution is 2.63. The summed E-state index contributed by atoms with van der Waals surface area (Å²) in [4.78, 5) is 0. The lowest BCUT2D eigenvalue weighted by Crippen LogP contribution is -2.49. The molecule has 0 heterocycles. The molecule has 5 unspecified atom stereocenters. The molecule has 0 aliphatic heterocycles. The van der Waals surface area contributed by atoms with E-state index in [1.54, 1.807) is 5.57 Å². The molecule has 0 radical (unpaired) electrons. The first kappa shape index (κ1) is 13.6. The van der Waals surface area contributed by atoms with Crippen LogP contribution in [0.1, 0.15) is 58.8 Å². The van der Waals surface area contributed by atoms with Gasteiger partial charge >= 0.3 is 0 Å². The highest BCUT2D eigenvalue weighted by Gasteiger charge is 2.57. The Bertz CT molecular complexity index is 546. The van der Waals surface area contributed by atoms with Gasteiger partial charge in [-0.1, -0.05) is 37.2 Å². The van der Waals surface area contributed by atoms with E-state index in [1.807, 2.05) is 0 Å². The summed E-state index contributed by atoms with van der Waals surface area (Å²) in [6, 6.07) is 0. The van der Waals surface area contributed by atoms with Gasteiger partial charge in [-0.05, 0) is 73.7 Å². The first-order valence-electron chi connectivity index (χ1n) is 8.68. The summed E-state index contributed by atoms with van der Waals surface area (Å²) in [5.74, 6) is 2.35. The summed E-state index contributed by atoms with van der Waals surface area (Å²) in [5.41, 5.74) is 3.25. The van der Waals surface area contributed by atoms with Crippen molar-refractivity contribution < 1.29 is 5.21 Å². The molecule has 0 spiro atoms. The molecule has 0 aromatic carbocycles. The van der Waals surface area contributed by atoms with Crippen LogP contribution in [0.5, 0.6) is 0 Å². The van der Waals surface area contributed by atoms with Gasteiger partial charge in [0.1, 0.15) is 0 Å². The van der Waals surface area contributed by atoms with Crippen LogP contribution in [0.2, 0.25) is 0 Å². The van der Waals surface area contributed by atoms with Gasteiger partial charge in [0.2, 0.25) is 0 Å². The van der Waals surface area contributed by atoms with Crippen molar-refractivity contribution >= 4 is 5.71 Å². The molecule has 4 rings (SSSR count). The summed E-state index contributed by atoms with van der Waals surface area (Å²) in [6.07, 6.45) is 15.8. The van der Waals surface area contributed by atoms with Crippen molar-refractivity contribution in [3.63, 3.8) is 0 Å². The zero-order chi connectivity index (χ0) is 14.7. The van der Waals surface area contributed by atoms with Crippen molar-refractivity contribution in [3.05, 3.63) is 23.8 Å². The van der Waals surface area contributed by atoms with Gasteiger partial charge in [-0.3, -0.25) is 0 Å². The highest BCUT2D eigenvalue weighted by atomic mass is 16.4. The van der Waals surface area contributed by atoms with E-state index in [4.69, 9.17) is 0 Å². The van der Waals surface area contributed by atoms with Crippen LogP contribution in [-0.2, 0) is 0 Å². The van der Waals surface area contributed by atoms with Gasteiger partial charge in [-0.25, -0.2) is 0 Å². The summed E-state index contributed by atoms with van der Waals surface area (Å²) >= 11 is 0. The normalized spacial score (nSPS) is 50.3. The van der Waals surface area contributed by atoms with Crippen molar-refractivity contribution in [1.82, 2.24) is 0 Å². The van der Waals surface area contributed by atoms with E-state index < -0.39 is 0 Å². The fourth-order valence-electron chi connectivity index (χ4n) is 6.25. The topological polar surface area (TPSA) is 32.6 Å². The van der Waals surface area contributed by atoms with Crippen LogP contribution >= 0.6 is 0 Å². The van der Waals surface area contributed by atoms with Crippen molar-refractivity contribution in [3.8, 4) is 0 Å². The molecule has 0 saturated heterocycles. The molecule has 2 heteroatoms. The van der Waals surface area contributed by atoms with Gasteiger partial charge < -0.3 is 5.21 Å². The number of hydrogen-bond donors (Lipinski definition) is 1.